The molecular formula is C52H62N2O8. The molecule has 10 nitrogen and oxygen atoms in total. The fourth-order valence-electron chi connectivity index (χ4n) is 16.8. The lowest BCUT2D eigenvalue weighted by atomic mass is 9.37. The van der Waals surface area contributed by atoms with Crippen LogP contribution in [0.1, 0.15) is 87.5 Å². The van der Waals surface area contributed by atoms with Crippen molar-refractivity contribution >= 4 is 11.6 Å². The Kier molecular flexibility index (Phi) is 7.84. The van der Waals surface area contributed by atoms with Crippen LogP contribution in [0.3, 0.4) is 0 Å². The Bertz CT molecular complexity index is 2220. The van der Waals surface area contributed by atoms with Gasteiger partial charge in [-0.2, -0.15) is 0 Å². The molecule has 0 aromatic heterocycles. The summed E-state index contributed by atoms with van der Waals surface area (Å²) in [6.07, 6.45) is 20.3. The summed E-state index contributed by atoms with van der Waals surface area (Å²) in [5.41, 5.74) is 3.61. The van der Waals surface area contributed by atoms with Gasteiger partial charge in [0.1, 0.15) is 35.0 Å². The van der Waals surface area contributed by atoms with Crippen LogP contribution in [-0.2, 0) is 42.7 Å². The molecule has 10 aliphatic carbocycles. The van der Waals surface area contributed by atoms with Crippen LogP contribution in [0.2, 0.25) is 0 Å². The Morgan fingerprint density at radius 1 is 0.629 bits per heavy atom. The molecule has 0 amide bonds. The van der Waals surface area contributed by atoms with Crippen molar-refractivity contribution in [3.63, 3.8) is 0 Å². The molecule has 4 heterocycles. The number of fused-ring (bicyclic) bond motifs is 2. The number of piperidine rings is 2. The van der Waals surface area contributed by atoms with Gasteiger partial charge in [-0.1, -0.05) is 36.4 Å². The number of carbonyl (C=O) groups is 2. The van der Waals surface area contributed by atoms with Gasteiger partial charge >= 0.3 is 0 Å². The van der Waals surface area contributed by atoms with Gasteiger partial charge < -0.3 is 28.4 Å². The molecule has 4 aliphatic heterocycles. The number of carbonyl (C=O) groups excluding carboxylic acids is 2. The molecule has 16 rings (SSSR count). The molecule has 62 heavy (non-hydrogen) atoms. The van der Waals surface area contributed by atoms with E-state index in [1.165, 1.54) is 61.0 Å². The second-order valence-electron chi connectivity index (χ2n) is 21.6. The lowest BCUT2D eigenvalue weighted by Crippen LogP contribution is -2.79. The quantitative estimate of drug-likeness (QED) is 0.245. The summed E-state index contributed by atoms with van der Waals surface area (Å²) in [7, 11) is 6.95. The minimum absolute atomic E-state index is 0.0912. The second-order valence-corrected chi connectivity index (χ2v) is 21.6. The topological polar surface area (TPSA) is 96.0 Å². The van der Waals surface area contributed by atoms with E-state index in [0.717, 1.165) is 86.4 Å². The maximum absolute atomic E-state index is 13.0. The zero-order chi connectivity index (χ0) is 42.3. The Morgan fingerprint density at radius 2 is 1.05 bits per heavy atom. The van der Waals surface area contributed by atoms with Gasteiger partial charge in [-0.05, 0) is 126 Å². The Morgan fingerprint density at radius 3 is 1.40 bits per heavy atom. The van der Waals surface area contributed by atoms with Gasteiger partial charge in [0.2, 0.25) is 0 Å². The van der Waals surface area contributed by atoms with Crippen molar-refractivity contribution < 1.29 is 38.0 Å². The number of ether oxygens (including phenoxy) is 6. The van der Waals surface area contributed by atoms with Gasteiger partial charge in [0.15, 0.2) is 23.0 Å². The summed E-state index contributed by atoms with van der Waals surface area (Å²) in [4.78, 5) is 31.5. The lowest BCUT2D eigenvalue weighted by Gasteiger charge is -2.71. The molecule has 0 N–H and O–H groups in total. The van der Waals surface area contributed by atoms with E-state index in [2.05, 4.69) is 58.4 Å². The van der Waals surface area contributed by atoms with Crippen molar-refractivity contribution in [2.75, 3.05) is 54.6 Å². The zero-order valence-electron chi connectivity index (χ0n) is 37.3. The SMILES string of the molecule is COc1ccc2c3c1O[C@H]1[C@@]4(OC)C=CC5(C[C@@H]4C(C)=O)[C@@H](C2)N(CC2CC2)CC[C@]315.COc1ccc2c3c1O[C@H]1[C@@]4(OC)C=CC5(C[C@@H]4C(C)=O)[C@@H](C2)N(CC2CC2)CC[C@]315. The number of nitrogens with zero attached hydrogens (tertiary/aromatic N) is 2. The number of Topliss-reactive ketones (excluding diaryl/α,β-unsaturated/α-hetero) is 2. The summed E-state index contributed by atoms with van der Waals surface area (Å²) >= 11 is 0. The standard InChI is InChI=1S/2C26H31NO4/c2*1-15(28)18-13-24-8-9-26(18,30-3)23-25(24)10-11-27(14-16-4-5-16)20(24)12-17-6-7-19(29-2)22(31-23)21(17)25/h2*6-9,16,18,20,23H,4-5,10-14H2,1-3H3/t2*18-,20-,23-,24?,25+,26-/m11/s1. The zero-order valence-corrected chi connectivity index (χ0v) is 37.3. The number of hydrogen-bond acceptors (Lipinski definition) is 10. The number of benzene rings is 2. The first kappa shape index (κ1) is 38.7. The molecule has 10 heteroatoms. The first-order valence-corrected chi connectivity index (χ1v) is 23.8. The minimum Gasteiger partial charge on any atom is -0.493 e. The fraction of sp³-hybridized carbons (Fsp3) is 0.654. The van der Waals surface area contributed by atoms with Gasteiger partial charge in [-0.3, -0.25) is 19.4 Å². The van der Waals surface area contributed by atoms with Gasteiger partial charge in [0.05, 0.1) is 36.9 Å². The molecule has 328 valence electrons. The molecule has 2 saturated heterocycles. The number of likely N-dealkylation sites (tertiary alicyclic amines) is 2. The van der Waals surface area contributed by atoms with E-state index in [9.17, 15) is 9.59 Å². The molecular weight excluding hydrogens is 781 g/mol. The molecule has 6 fully saturated rings. The van der Waals surface area contributed by atoms with E-state index >= 15 is 0 Å². The summed E-state index contributed by atoms with van der Waals surface area (Å²) in [5.74, 6) is 5.20. The van der Waals surface area contributed by atoms with Crippen LogP contribution in [0.15, 0.2) is 48.6 Å². The van der Waals surface area contributed by atoms with Gasteiger partial charge in [-0.25, -0.2) is 0 Å². The van der Waals surface area contributed by atoms with Crippen LogP contribution in [0, 0.1) is 34.5 Å². The summed E-state index contributed by atoms with van der Waals surface area (Å²) in [6, 6.07) is 9.48. The molecule has 4 spiro atoms. The van der Waals surface area contributed by atoms with Crippen LogP contribution in [0.25, 0.3) is 0 Å². The number of rotatable bonds is 10. The maximum Gasteiger partial charge on any atom is 0.166 e. The highest BCUT2D eigenvalue weighted by Crippen LogP contribution is 2.76. The van der Waals surface area contributed by atoms with E-state index in [-0.39, 0.29) is 57.3 Å². The van der Waals surface area contributed by atoms with E-state index in [0.29, 0.717) is 12.1 Å². The molecule has 2 aromatic carbocycles. The summed E-state index contributed by atoms with van der Waals surface area (Å²) in [5, 5.41) is 0. The van der Waals surface area contributed by atoms with Crippen LogP contribution in [-0.4, -0.2) is 111 Å². The van der Waals surface area contributed by atoms with Crippen LogP contribution >= 0.6 is 0 Å². The first-order chi connectivity index (χ1) is 30.0. The summed E-state index contributed by atoms with van der Waals surface area (Å²) in [6.45, 7) is 8.05. The van der Waals surface area contributed by atoms with Gasteiger partial charge in [-0.15, -0.1) is 0 Å². The first-order valence-electron chi connectivity index (χ1n) is 23.8. The lowest BCUT2D eigenvalue weighted by molar-refractivity contribution is -0.214. The number of ketones is 2. The summed E-state index contributed by atoms with van der Waals surface area (Å²) < 4.78 is 37.8. The molecule has 4 saturated carbocycles. The Hall–Kier alpha value is -3.70. The molecule has 2 aromatic rings. The number of hydrogen-bond donors (Lipinski definition) is 0. The molecule has 14 aliphatic rings. The average molecular weight is 843 g/mol. The van der Waals surface area contributed by atoms with Gasteiger partial charge in [0, 0.05) is 61.3 Å². The highest BCUT2D eigenvalue weighted by molar-refractivity contribution is 5.83. The third-order valence-electron chi connectivity index (χ3n) is 19.6. The maximum atomic E-state index is 13.0. The van der Waals surface area contributed by atoms with E-state index < -0.39 is 11.2 Å². The highest BCUT2D eigenvalue weighted by atomic mass is 16.6. The third kappa shape index (κ3) is 4.29. The predicted octanol–water partition coefficient (Wildman–Crippen LogP) is 6.57. The molecule has 8 bridgehead atoms. The minimum atomic E-state index is -0.713. The second kappa shape index (κ2) is 12.5. The fourth-order valence-corrected chi connectivity index (χ4v) is 16.8. The van der Waals surface area contributed by atoms with Crippen molar-refractivity contribution in [3.8, 4) is 23.0 Å². The third-order valence-corrected chi connectivity index (χ3v) is 19.6. The van der Waals surface area contributed by atoms with Crippen molar-refractivity contribution in [3.05, 3.63) is 70.8 Å². The van der Waals surface area contributed by atoms with E-state index in [1.54, 1.807) is 42.3 Å². The van der Waals surface area contributed by atoms with Crippen molar-refractivity contribution in [1.29, 1.82) is 0 Å². The Labute approximate surface area is 365 Å². The average Bonchev–Trinajstić information content (AvgIpc) is 4.22. The predicted molar refractivity (Wildman–Crippen MR) is 231 cm³/mol. The van der Waals surface area contributed by atoms with Crippen LogP contribution < -0.4 is 18.9 Å². The van der Waals surface area contributed by atoms with Gasteiger partial charge in [0.25, 0.3) is 0 Å². The molecule has 12 atom stereocenters. The normalized spacial score (nSPS) is 43.5. The highest BCUT2D eigenvalue weighted by Gasteiger charge is 2.81. The Balaban J connectivity index is 0.000000126. The van der Waals surface area contributed by atoms with Crippen molar-refractivity contribution in [2.24, 2.45) is 34.5 Å². The van der Waals surface area contributed by atoms with Crippen molar-refractivity contribution in [1.82, 2.24) is 9.80 Å². The molecule has 2 unspecified atom stereocenters. The van der Waals surface area contributed by atoms with E-state index in [1.807, 2.05) is 0 Å². The van der Waals surface area contributed by atoms with E-state index in [4.69, 9.17) is 28.4 Å². The smallest absolute Gasteiger partial charge is 0.166 e. The number of methoxy groups -OCH3 is 4. The van der Waals surface area contributed by atoms with Crippen LogP contribution in [0.5, 0.6) is 23.0 Å². The van der Waals surface area contributed by atoms with Crippen LogP contribution in [0.4, 0.5) is 0 Å². The monoisotopic (exact) mass is 842 g/mol. The largest absolute Gasteiger partial charge is 0.493 e. The molecule has 0 radical (unpaired) electrons. The van der Waals surface area contributed by atoms with Crippen molar-refractivity contribution in [2.45, 2.75) is 124 Å².